The van der Waals surface area contributed by atoms with Gasteiger partial charge in [-0.2, -0.15) is 0 Å². The first kappa shape index (κ1) is 11.3. The first-order chi connectivity index (χ1) is 8.83. The molecule has 0 atom stereocenters. The van der Waals surface area contributed by atoms with E-state index in [-0.39, 0.29) is 12.1 Å². The van der Waals surface area contributed by atoms with Crippen molar-refractivity contribution in [3.63, 3.8) is 0 Å². The summed E-state index contributed by atoms with van der Waals surface area (Å²) in [5.74, 6) is -0.300. The summed E-state index contributed by atoms with van der Waals surface area (Å²) in [6, 6.07) is 5.48. The summed E-state index contributed by atoms with van der Waals surface area (Å²) >= 11 is 0. The molecule has 2 aromatic heterocycles. The molecule has 3 rings (SSSR count). The van der Waals surface area contributed by atoms with Crippen molar-refractivity contribution in [2.24, 2.45) is 0 Å². The number of esters is 1. The highest BCUT2D eigenvalue weighted by Gasteiger charge is 2.19. The van der Waals surface area contributed by atoms with Gasteiger partial charge in [-0.25, -0.2) is 9.78 Å². The number of nitrogens with zero attached hydrogens (tertiary/aromatic N) is 2. The summed E-state index contributed by atoms with van der Waals surface area (Å²) in [6.45, 7) is 0. The van der Waals surface area contributed by atoms with Gasteiger partial charge in [-0.05, 0) is 43.9 Å². The third kappa shape index (κ3) is 2.23. The predicted octanol–water partition coefficient (Wildman–Crippen LogP) is 2.82. The molecule has 0 spiro atoms. The molecule has 1 saturated carbocycles. The molecule has 18 heavy (non-hydrogen) atoms. The Morgan fingerprint density at radius 3 is 2.89 bits per heavy atom. The molecule has 4 heteroatoms. The fraction of sp³-hybridized carbons (Fsp3) is 0.429. The highest BCUT2D eigenvalue weighted by atomic mass is 16.5. The lowest BCUT2D eigenvalue weighted by molar-refractivity contribution is 0.0204. The van der Waals surface area contributed by atoms with Crippen molar-refractivity contribution in [2.75, 3.05) is 0 Å². The smallest absolute Gasteiger partial charge is 0.357 e. The maximum absolute atomic E-state index is 12.0. The summed E-state index contributed by atoms with van der Waals surface area (Å²) < 4.78 is 7.36. The molecule has 4 nitrogen and oxygen atoms in total. The Hall–Kier alpha value is -1.84. The minimum atomic E-state index is -0.300. The van der Waals surface area contributed by atoms with Crippen molar-refractivity contribution in [2.45, 2.75) is 38.2 Å². The van der Waals surface area contributed by atoms with Gasteiger partial charge in [0.2, 0.25) is 0 Å². The molecular weight excluding hydrogens is 228 g/mol. The Morgan fingerprint density at radius 2 is 2.06 bits per heavy atom. The summed E-state index contributed by atoms with van der Waals surface area (Å²) in [7, 11) is 0. The summed E-state index contributed by atoms with van der Waals surface area (Å²) in [5.41, 5.74) is 1.17. The van der Waals surface area contributed by atoms with Crippen LogP contribution >= 0.6 is 0 Å². The molecule has 0 aliphatic heterocycles. The van der Waals surface area contributed by atoms with Crippen LogP contribution in [0.2, 0.25) is 0 Å². The summed E-state index contributed by atoms with van der Waals surface area (Å²) in [5, 5.41) is 0. The van der Waals surface area contributed by atoms with E-state index in [0.717, 1.165) is 31.3 Å². The minimum absolute atomic E-state index is 0.0797. The highest BCUT2D eigenvalue weighted by molar-refractivity contribution is 5.87. The Balaban J connectivity index is 1.74. The maximum Gasteiger partial charge on any atom is 0.357 e. The summed E-state index contributed by atoms with van der Waals surface area (Å²) in [4.78, 5) is 16.3. The number of hydrogen-bond acceptors (Lipinski definition) is 3. The van der Waals surface area contributed by atoms with Gasteiger partial charge < -0.3 is 9.14 Å². The average Bonchev–Trinajstić information content (AvgIpc) is 2.87. The van der Waals surface area contributed by atoms with Crippen molar-refractivity contribution in [1.82, 2.24) is 9.38 Å². The Bertz CT molecular complexity index is 556. The lowest BCUT2D eigenvalue weighted by atomic mass is 9.98. The van der Waals surface area contributed by atoms with E-state index in [4.69, 9.17) is 4.74 Å². The number of fused-ring (bicyclic) bond motifs is 1. The molecule has 0 N–H and O–H groups in total. The van der Waals surface area contributed by atoms with Gasteiger partial charge >= 0.3 is 5.97 Å². The largest absolute Gasteiger partial charge is 0.458 e. The van der Waals surface area contributed by atoms with Crippen LogP contribution in [-0.2, 0) is 4.74 Å². The standard InChI is InChI=1S/C14H16N2O2/c17-14(18-11-5-2-1-3-6-11)12-8-10-16-9-4-7-13(16)15-12/h4,7-11H,1-3,5-6H2. The first-order valence-corrected chi connectivity index (χ1v) is 6.48. The molecule has 1 aliphatic rings. The lowest BCUT2D eigenvalue weighted by Gasteiger charge is -2.21. The number of carbonyl (C=O) groups excluding carboxylic acids is 1. The fourth-order valence-corrected chi connectivity index (χ4v) is 2.43. The van der Waals surface area contributed by atoms with Crippen LogP contribution in [0.25, 0.3) is 5.65 Å². The van der Waals surface area contributed by atoms with Crippen LogP contribution in [0.15, 0.2) is 30.6 Å². The van der Waals surface area contributed by atoms with Crippen LogP contribution in [0.3, 0.4) is 0 Å². The zero-order valence-corrected chi connectivity index (χ0v) is 10.2. The SMILES string of the molecule is O=C(OC1CCCCC1)c1ccn2cccc2n1. The number of aromatic nitrogens is 2. The summed E-state index contributed by atoms with van der Waals surface area (Å²) in [6.07, 6.45) is 9.35. The van der Waals surface area contributed by atoms with Crippen LogP contribution < -0.4 is 0 Å². The van der Waals surface area contributed by atoms with Crippen LogP contribution in [0, 0.1) is 0 Å². The molecule has 94 valence electrons. The van der Waals surface area contributed by atoms with Crippen molar-refractivity contribution in [1.29, 1.82) is 0 Å². The second kappa shape index (κ2) is 4.80. The van der Waals surface area contributed by atoms with Crippen molar-refractivity contribution < 1.29 is 9.53 Å². The second-order valence-electron chi connectivity index (χ2n) is 4.75. The van der Waals surface area contributed by atoms with E-state index < -0.39 is 0 Å². The third-order valence-corrected chi connectivity index (χ3v) is 3.42. The molecule has 0 unspecified atom stereocenters. The van der Waals surface area contributed by atoms with Gasteiger partial charge in [0, 0.05) is 12.4 Å². The van der Waals surface area contributed by atoms with Crippen LogP contribution in [0.5, 0.6) is 0 Å². The van der Waals surface area contributed by atoms with Gasteiger partial charge in [0.1, 0.15) is 11.8 Å². The maximum atomic E-state index is 12.0. The second-order valence-corrected chi connectivity index (χ2v) is 4.75. The average molecular weight is 244 g/mol. The normalized spacial score (nSPS) is 16.9. The number of carbonyl (C=O) groups is 1. The van der Waals surface area contributed by atoms with Gasteiger partial charge in [0.15, 0.2) is 5.69 Å². The Kier molecular flexibility index (Phi) is 3.00. The topological polar surface area (TPSA) is 43.6 Å². The minimum Gasteiger partial charge on any atom is -0.458 e. The van der Waals surface area contributed by atoms with E-state index in [9.17, 15) is 4.79 Å². The zero-order valence-electron chi connectivity index (χ0n) is 10.2. The molecule has 1 aliphatic carbocycles. The van der Waals surface area contributed by atoms with Gasteiger partial charge in [-0.3, -0.25) is 0 Å². The number of hydrogen-bond donors (Lipinski definition) is 0. The molecule has 2 aromatic rings. The molecule has 0 radical (unpaired) electrons. The van der Waals surface area contributed by atoms with E-state index >= 15 is 0 Å². The first-order valence-electron chi connectivity index (χ1n) is 6.48. The zero-order chi connectivity index (χ0) is 12.4. The van der Waals surface area contributed by atoms with Gasteiger partial charge in [0.05, 0.1) is 0 Å². The van der Waals surface area contributed by atoms with Gasteiger partial charge in [0.25, 0.3) is 0 Å². The van der Waals surface area contributed by atoms with Crippen LogP contribution in [-0.4, -0.2) is 21.5 Å². The van der Waals surface area contributed by atoms with E-state index in [2.05, 4.69) is 4.98 Å². The molecule has 0 amide bonds. The lowest BCUT2D eigenvalue weighted by Crippen LogP contribution is -2.21. The van der Waals surface area contributed by atoms with Crippen LogP contribution in [0.4, 0.5) is 0 Å². The molecule has 0 saturated heterocycles. The third-order valence-electron chi connectivity index (χ3n) is 3.42. The predicted molar refractivity (Wildman–Crippen MR) is 67.5 cm³/mol. The molecule has 0 bridgehead atoms. The van der Waals surface area contributed by atoms with Gasteiger partial charge in [-0.1, -0.05) is 6.42 Å². The van der Waals surface area contributed by atoms with E-state index in [1.165, 1.54) is 6.42 Å². The van der Waals surface area contributed by atoms with Crippen LogP contribution in [0.1, 0.15) is 42.6 Å². The fourth-order valence-electron chi connectivity index (χ4n) is 2.43. The van der Waals surface area contributed by atoms with Crippen molar-refractivity contribution in [3.8, 4) is 0 Å². The van der Waals surface area contributed by atoms with Gasteiger partial charge in [-0.15, -0.1) is 0 Å². The quantitative estimate of drug-likeness (QED) is 0.763. The van der Waals surface area contributed by atoms with Crippen molar-refractivity contribution >= 4 is 11.6 Å². The van der Waals surface area contributed by atoms with E-state index in [1.54, 1.807) is 6.07 Å². The monoisotopic (exact) mass is 244 g/mol. The molecule has 2 heterocycles. The molecular formula is C14H16N2O2. The number of ether oxygens (including phenoxy) is 1. The molecule has 0 aromatic carbocycles. The Morgan fingerprint density at radius 1 is 1.22 bits per heavy atom. The van der Waals surface area contributed by atoms with E-state index in [0.29, 0.717) is 5.69 Å². The van der Waals surface area contributed by atoms with Crippen molar-refractivity contribution in [3.05, 3.63) is 36.3 Å². The molecule has 1 fully saturated rings. The number of rotatable bonds is 2. The van der Waals surface area contributed by atoms with E-state index in [1.807, 2.05) is 28.9 Å². The Labute approximate surface area is 106 Å². The highest BCUT2D eigenvalue weighted by Crippen LogP contribution is 2.21.